The molecule has 1 unspecified atom stereocenters. The van der Waals surface area contributed by atoms with Gasteiger partial charge in [-0.3, -0.25) is 9.58 Å². The van der Waals surface area contributed by atoms with E-state index < -0.39 is 11.8 Å². The molecule has 1 saturated heterocycles. The SMILES string of the molecule is CN1CC[C@@](O)(c2cc(-c3cccc(-c4ccnc(Nc5cnn6c5CCC6)n4)n3)no2)C1O. The lowest BCUT2D eigenvalue weighted by molar-refractivity contribution is -0.116. The quantitative estimate of drug-likeness (QED) is 0.405. The van der Waals surface area contributed by atoms with Crippen molar-refractivity contribution in [2.75, 3.05) is 18.9 Å². The van der Waals surface area contributed by atoms with Crippen LogP contribution in [0.3, 0.4) is 0 Å². The van der Waals surface area contributed by atoms with Crippen LogP contribution in [0.5, 0.6) is 0 Å². The first-order valence-electron chi connectivity index (χ1n) is 11.2. The summed E-state index contributed by atoms with van der Waals surface area (Å²) in [6, 6.07) is 8.95. The summed E-state index contributed by atoms with van der Waals surface area (Å²) < 4.78 is 7.42. The summed E-state index contributed by atoms with van der Waals surface area (Å²) in [5.41, 5.74) is 2.92. The zero-order chi connectivity index (χ0) is 23.3. The van der Waals surface area contributed by atoms with Gasteiger partial charge < -0.3 is 20.1 Å². The van der Waals surface area contributed by atoms with Gasteiger partial charge in [0.15, 0.2) is 11.4 Å². The van der Waals surface area contributed by atoms with E-state index in [1.807, 2.05) is 22.9 Å². The van der Waals surface area contributed by atoms with Gasteiger partial charge in [-0.15, -0.1) is 0 Å². The van der Waals surface area contributed by atoms with E-state index in [-0.39, 0.29) is 5.76 Å². The molecule has 0 aromatic carbocycles. The van der Waals surface area contributed by atoms with Crippen LogP contribution in [0.4, 0.5) is 11.6 Å². The number of nitrogens with zero attached hydrogens (tertiary/aromatic N) is 7. The molecule has 4 aromatic rings. The molecular formula is C23H24N8O3. The minimum atomic E-state index is -1.50. The second kappa shape index (κ2) is 7.97. The summed E-state index contributed by atoms with van der Waals surface area (Å²) in [7, 11) is 1.75. The maximum atomic E-state index is 10.9. The Balaban J connectivity index is 1.26. The molecule has 6 rings (SSSR count). The molecule has 0 aliphatic carbocycles. The third-order valence-electron chi connectivity index (χ3n) is 6.54. The smallest absolute Gasteiger partial charge is 0.227 e. The molecule has 11 heteroatoms. The van der Waals surface area contributed by atoms with Crippen LogP contribution in [0.25, 0.3) is 22.8 Å². The maximum Gasteiger partial charge on any atom is 0.227 e. The monoisotopic (exact) mass is 460 g/mol. The van der Waals surface area contributed by atoms with Gasteiger partial charge in [0.05, 0.1) is 34.7 Å². The molecule has 6 heterocycles. The number of hydrogen-bond acceptors (Lipinski definition) is 10. The third-order valence-corrected chi connectivity index (χ3v) is 6.54. The number of aliphatic hydroxyl groups is 2. The number of aliphatic hydroxyl groups excluding tert-OH is 1. The molecule has 2 atom stereocenters. The molecule has 0 bridgehead atoms. The van der Waals surface area contributed by atoms with Crippen molar-refractivity contribution in [1.29, 1.82) is 0 Å². The van der Waals surface area contributed by atoms with E-state index in [0.29, 0.717) is 41.7 Å². The standard InChI is InChI=1S/C23H24N8O3/c1-30-11-8-23(33,21(30)32)20-12-17(29-34-20)15-5-2-4-14(26-15)16-7-9-24-22(27-16)28-18-13-25-31-10-3-6-19(18)31/h2,4-5,7,9,12-13,21,32-33H,3,6,8,10-11H2,1H3,(H,24,27,28)/t21?,23-/m1/s1. The molecule has 11 nitrogen and oxygen atoms in total. The number of anilines is 2. The fourth-order valence-corrected chi connectivity index (χ4v) is 4.58. The number of nitrogens with one attached hydrogen (secondary N) is 1. The van der Waals surface area contributed by atoms with Crippen LogP contribution in [0.15, 0.2) is 47.2 Å². The second-order valence-electron chi connectivity index (χ2n) is 8.74. The predicted molar refractivity (Wildman–Crippen MR) is 122 cm³/mol. The Morgan fingerprint density at radius 2 is 1.94 bits per heavy atom. The Labute approximate surface area is 195 Å². The van der Waals surface area contributed by atoms with Gasteiger partial charge in [-0.05, 0) is 38.1 Å². The van der Waals surface area contributed by atoms with Gasteiger partial charge >= 0.3 is 0 Å². The van der Waals surface area contributed by atoms with Crippen molar-refractivity contribution in [3.63, 3.8) is 0 Å². The highest BCUT2D eigenvalue weighted by atomic mass is 16.5. The molecule has 0 spiro atoms. The van der Waals surface area contributed by atoms with Crippen molar-refractivity contribution in [3.05, 3.63) is 54.2 Å². The van der Waals surface area contributed by atoms with Crippen molar-refractivity contribution in [3.8, 4) is 22.8 Å². The third kappa shape index (κ3) is 3.45. The summed E-state index contributed by atoms with van der Waals surface area (Å²) >= 11 is 0. The first kappa shape index (κ1) is 20.9. The van der Waals surface area contributed by atoms with E-state index >= 15 is 0 Å². The van der Waals surface area contributed by atoms with E-state index in [4.69, 9.17) is 9.51 Å². The number of likely N-dealkylation sites (tertiary alicyclic amines) is 1. The van der Waals surface area contributed by atoms with Gasteiger partial charge in [0, 0.05) is 31.8 Å². The average molecular weight is 460 g/mol. The molecule has 3 N–H and O–H groups in total. The normalized spacial score (nSPS) is 22.3. The zero-order valence-electron chi connectivity index (χ0n) is 18.6. The van der Waals surface area contributed by atoms with Crippen LogP contribution >= 0.6 is 0 Å². The first-order chi connectivity index (χ1) is 16.5. The molecular weight excluding hydrogens is 436 g/mol. The highest BCUT2D eigenvalue weighted by Gasteiger charge is 2.48. The second-order valence-corrected chi connectivity index (χ2v) is 8.74. The molecule has 2 aliphatic rings. The van der Waals surface area contributed by atoms with Crippen LogP contribution < -0.4 is 5.32 Å². The molecule has 1 fully saturated rings. The van der Waals surface area contributed by atoms with Crippen molar-refractivity contribution < 1.29 is 14.7 Å². The number of hydrogen-bond donors (Lipinski definition) is 3. The maximum absolute atomic E-state index is 10.9. The Bertz CT molecular complexity index is 1350. The minimum Gasteiger partial charge on any atom is -0.378 e. The Morgan fingerprint density at radius 1 is 1.12 bits per heavy atom. The summed E-state index contributed by atoms with van der Waals surface area (Å²) in [4.78, 5) is 15.3. The van der Waals surface area contributed by atoms with Crippen LogP contribution in [0, 0.1) is 0 Å². The van der Waals surface area contributed by atoms with E-state index in [1.54, 1.807) is 36.5 Å². The van der Waals surface area contributed by atoms with Gasteiger partial charge in [0.2, 0.25) is 5.95 Å². The molecule has 34 heavy (non-hydrogen) atoms. The Kier molecular flexibility index (Phi) is 4.90. The summed E-state index contributed by atoms with van der Waals surface area (Å²) in [6.07, 6.45) is 4.85. The van der Waals surface area contributed by atoms with E-state index in [2.05, 4.69) is 25.5 Å². The lowest BCUT2D eigenvalue weighted by Crippen LogP contribution is -2.40. The molecule has 2 aliphatic heterocycles. The summed E-state index contributed by atoms with van der Waals surface area (Å²) in [6.45, 7) is 1.49. The number of rotatable bonds is 5. The summed E-state index contributed by atoms with van der Waals surface area (Å²) in [5, 5.41) is 33.0. The molecule has 4 aromatic heterocycles. The van der Waals surface area contributed by atoms with Crippen LogP contribution in [0.2, 0.25) is 0 Å². The van der Waals surface area contributed by atoms with Crippen molar-refractivity contribution in [1.82, 2.24) is 34.8 Å². The lowest BCUT2D eigenvalue weighted by atomic mass is 9.97. The largest absolute Gasteiger partial charge is 0.378 e. The van der Waals surface area contributed by atoms with Crippen LogP contribution in [-0.2, 0) is 18.6 Å². The minimum absolute atomic E-state index is 0.216. The van der Waals surface area contributed by atoms with Crippen LogP contribution in [0.1, 0.15) is 24.3 Å². The number of aryl methyl sites for hydroxylation is 1. The van der Waals surface area contributed by atoms with Gasteiger partial charge in [-0.1, -0.05) is 11.2 Å². The lowest BCUT2D eigenvalue weighted by Gasteiger charge is -2.25. The molecule has 0 radical (unpaired) electrons. The Morgan fingerprint density at radius 3 is 2.76 bits per heavy atom. The molecule has 0 amide bonds. The molecule has 174 valence electrons. The average Bonchev–Trinajstić information content (AvgIpc) is 3.64. The topological polar surface area (TPSA) is 138 Å². The zero-order valence-corrected chi connectivity index (χ0v) is 18.6. The van der Waals surface area contributed by atoms with Crippen molar-refractivity contribution in [2.45, 2.75) is 37.6 Å². The van der Waals surface area contributed by atoms with Crippen molar-refractivity contribution >= 4 is 11.6 Å². The number of pyridine rings is 1. The predicted octanol–water partition coefficient (Wildman–Crippen LogP) is 1.92. The van der Waals surface area contributed by atoms with Gasteiger partial charge in [0.1, 0.15) is 11.9 Å². The fourth-order valence-electron chi connectivity index (χ4n) is 4.58. The molecule has 0 saturated carbocycles. The van der Waals surface area contributed by atoms with Crippen molar-refractivity contribution in [2.24, 2.45) is 0 Å². The highest BCUT2D eigenvalue weighted by Crippen LogP contribution is 2.37. The fraction of sp³-hybridized carbons (Fsp3) is 0.348. The van der Waals surface area contributed by atoms with Gasteiger partial charge in [-0.2, -0.15) is 5.10 Å². The van der Waals surface area contributed by atoms with Gasteiger partial charge in [-0.25, -0.2) is 15.0 Å². The van der Waals surface area contributed by atoms with E-state index in [9.17, 15) is 10.2 Å². The number of fused-ring (bicyclic) bond motifs is 1. The number of likely N-dealkylation sites (N-methyl/N-ethyl adjacent to an activating group) is 1. The first-order valence-corrected chi connectivity index (χ1v) is 11.2. The Hall–Kier alpha value is -3.67. The van der Waals surface area contributed by atoms with Crippen LogP contribution in [-0.4, -0.2) is 64.8 Å². The van der Waals surface area contributed by atoms with E-state index in [1.165, 1.54) is 0 Å². The van der Waals surface area contributed by atoms with Gasteiger partial charge in [0.25, 0.3) is 0 Å². The highest BCUT2D eigenvalue weighted by molar-refractivity contribution is 5.64. The summed E-state index contributed by atoms with van der Waals surface area (Å²) in [5.74, 6) is 0.687. The van der Waals surface area contributed by atoms with E-state index in [0.717, 1.165) is 30.8 Å². The number of aromatic nitrogens is 6.